The van der Waals surface area contributed by atoms with E-state index in [0.29, 0.717) is 0 Å². The lowest BCUT2D eigenvalue weighted by Gasteiger charge is -2.14. The second-order valence-corrected chi connectivity index (χ2v) is 4.80. The molecule has 22 heavy (non-hydrogen) atoms. The number of ketones is 3. The number of Topliss-reactive ketones (excluding diaryl/α,β-unsaturated/α-hetero) is 1. The first-order chi connectivity index (χ1) is 10.3. The molecule has 114 valence electrons. The van der Waals surface area contributed by atoms with Crippen molar-refractivity contribution in [2.75, 3.05) is 0 Å². The molecule has 0 heterocycles. The molecule has 1 aromatic rings. The number of phenolic OH excluding ortho intramolecular Hbond substituents is 3. The molecule has 0 radical (unpaired) electrons. The number of phenols is 3. The third kappa shape index (κ3) is 3.04. The number of carbonyl (C=O) groups excluding carboxylic acids is 3. The summed E-state index contributed by atoms with van der Waals surface area (Å²) in [4.78, 5) is 35.0. The fourth-order valence-corrected chi connectivity index (χ4v) is 2.00. The van der Waals surface area contributed by atoms with Crippen LogP contribution in [0.15, 0.2) is 35.9 Å². The lowest BCUT2D eigenvalue weighted by atomic mass is 9.92. The fraction of sp³-hybridized carbons (Fsp3) is 0.133. The van der Waals surface area contributed by atoms with E-state index in [2.05, 4.69) is 0 Å². The molecule has 0 fully saturated rings. The number of aromatic hydroxyl groups is 3. The Hall–Kier alpha value is -2.93. The third-order valence-electron chi connectivity index (χ3n) is 3.17. The molecule has 0 spiro atoms. The van der Waals surface area contributed by atoms with E-state index in [0.717, 1.165) is 30.4 Å². The van der Waals surface area contributed by atoms with Crippen molar-refractivity contribution in [3.05, 3.63) is 41.5 Å². The van der Waals surface area contributed by atoms with Gasteiger partial charge in [0.25, 0.3) is 0 Å². The van der Waals surface area contributed by atoms with E-state index < -0.39 is 34.9 Å². The summed E-state index contributed by atoms with van der Waals surface area (Å²) in [6.45, 7) is 0. The summed E-state index contributed by atoms with van der Waals surface area (Å²) >= 11 is 0. The Morgan fingerprint density at radius 2 is 1.68 bits per heavy atom. The van der Waals surface area contributed by atoms with Gasteiger partial charge in [-0.1, -0.05) is 0 Å². The summed E-state index contributed by atoms with van der Waals surface area (Å²) in [7, 11) is 0. The molecule has 2 rings (SSSR count). The maximum Gasteiger partial charge on any atom is 0.189 e. The molecule has 1 atom stereocenters. The highest BCUT2D eigenvalue weighted by Crippen LogP contribution is 2.32. The Balaban J connectivity index is 2.21. The van der Waals surface area contributed by atoms with Crippen molar-refractivity contribution in [3.8, 4) is 17.2 Å². The lowest BCUT2D eigenvalue weighted by Crippen LogP contribution is -2.36. The second-order valence-electron chi connectivity index (χ2n) is 4.80. The molecule has 0 aliphatic heterocycles. The van der Waals surface area contributed by atoms with Crippen LogP contribution in [0, 0.1) is 0 Å². The van der Waals surface area contributed by atoms with Crippen molar-refractivity contribution in [2.45, 2.75) is 12.5 Å². The molecular weight excluding hydrogens is 290 g/mol. The smallest absolute Gasteiger partial charge is 0.189 e. The molecule has 0 saturated heterocycles. The Labute approximate surface area is 125 Å². The minimum Gasteiger partial charge on any atom is -0.508 e. The van der Waals surface area contributed by atoms with E-state index in [-0.39, 0.29) is 23.3 Å². The standard InChI is InChI=1S/C15H13NO6/c16-10(3-7-4-13(20)14(21)6-12(7)19)15(22)9-5-8(17)1-2-11(9)18/h1-2,4-6,10,19-21H,3,16H2/t10-/m0/s1. The van der Waals surface area contributed by atoms with Gasteiger partial charge in [0.1, 0.15) is 5.75 Å². The number of rotatable bonds is 4. The van der Waals surface area contributed by atoms with E-state index in [1.165, 1.54) is 0 Å². The van der Waals surface area contributed by atoms with Gasteiger partial charge in [0.15, 0.2) is 28.8 Å². The van der Waals surface area contributed by atoms with Gasteiger partial charge < -0.3 is 21.1 Å². The maximum absolute atomic E-state index is 12.1. The third-order valence-corrected chi connectivity index (χ3v) is 3.17. The van der Waals surface area contributed by atoms with Gasteiger partial charge in [-0.3, -0.25) is 14.4 Å². The number of benzene rings is 1. The monoisotopic (exact) mass is 303 g/mol. The molecule has 1 aliphatic rings. The molecule has 0 unspecified atom stereocenters. The minimum atomic E-state index is -1.19. The second kappa shape index (κ2) is 5.82. The number of allylic oxidation sites excluding steroid dienone is 3. The van der Waals surface area contributed by atoms with Gasteiger partial charge in [-0.05, 0) is 30.2 Å². The summed E-state index contributed by atoms with van der Waals surface area (Å²) < 4.78 is 0. The van der Waals surface area contributed by atoms with Gasteiger partial charge in [0.2, 0.25) is 0 Å². The zero-order valence-corrected chi connectivity index (χ0v) is 11.3. The van der Waals surface area contributed by atoms with Crippen LogP contribution in [0.1, 0.15) is 5.56 Å². The molecule has 7 heteroatoms. The lowest BCUT2D eigenvalue weighted by molar-refractivity contribution is -0.121. The van der Waals surface area contributed by atoms with Gasteiger partial charge in [-0.2, -0.15) is 0 Å². The first-order valence-electron chi connectivity index (χ1n) is 6.31. The van der Waals surface area contributed by atoms with Crippen LogP contribution in [0.3, 0.4) is 0 Å². The molecule has 1 aliphatic carbocycles. The highest BCUT2D eigenvalue weighted by molar-refractivity contribution is 6.31. The van der Waals surface area contributed by atoms with Crippen LogP contribution in [0.2, 0.25) is 0 Å². The average Bonchev–Trinajstić information content (AvgIpc) is 2.46. The van der Waals surface area contributed by atoms with Crippen LogP contribution in [0.5, 0.6) is 17.2 Å². The van der Waals surface area contributed by atoms with Gasteiger partial charge >= 0.3 is 0 Å². The van der Waals surface area contributed by atoms with Gasteiger partial charge in [0, 0.05) is 12.1 Å². The normalized spacial score (nSPS) is 15.6. The summed E-state index contributed by atoms with van der Waals surface area (Å²) in [5, 5.41) is 28.3. The van der Waals surface area contributed by atoms with Crippen LogP contribution in [-0.4, -0.2) is 38.7 Å². The van der Waals surface area contributed by atoms with E-state index in [1.807, 2.05) is 0 Å². The summed E-state index contributed by atoms with van der Waals surface area (Å²) in [5.74, 6) is -3.17. The number of nitrogens with two attached hydrogens (primary N) is 1. The molecule has 7 nitrogen and oxygen atoms in total. The van der Waals surface area contributed by atoms with E-state index in [4.69, 9.17) is 5.73 Å². The SMILES string of the molecule is N[C@@H](Cc1cc(O)c(O)cc1O)C(=O)C1=CC(=O)C=CC1=O. The molecule has 1 aromatic carbocycles. The summed E-state index contributed by atoms with van der Waals surface area (Å²) in [6.07, 6.45) is 2.78. The van der Waals surface area contributed by atoms with E-state index in [9.17, 15) is 29.7 Å². The zero-order valence-electron chi connectivity index (χ0n) is 11.3. The predicted octanol–water partition coefficient (Wildman–Crippen LogP) is -0.123. The van der Waals surface area contributed by atoms with Crippen molar-refractivity contribution in [3.63, 3.8) is 0 Å². The van der Waals surface area contributed by atoms with Gasteiger partial charge in [-0.15, -0.1) is 0 Å². The number of carbonyl (C=O) groups is 3. The number of hydrogen-bond donors (Lipinski definition) is 4. The summed E-state index contributed by atoms with van der Waals surface area (Å²) in [5.41, 5.74) is 5.52. The van der Waals surface area contributed by atoms with E-state index >= 15 is 0 Å². The molecule has 0 bridgehead atoms. The fourth-order valence-electron chi connectivity index (χ4n) is 2.00. The van der Waals surface area contributed by atoms with Crippen molar-refractivity contribution >= 4 is 17.3 Å². The van der Waals surface area contributed by atoms with Crippen molar-refractivity contribution < 1.29 is 29.7 Å². The van der Waals surface area contributed by atoms with Crippen LogP contribution < -0.4 is 5.73 Å². The Kier molecular flexibility index (Phi) is 4.09. The van der Waals surface area contributed by atoms with Crippen LogP contribution in [0.4, 0.5) is 0 Å². The zero-order chi connectivity index (χ0) is 16.4. The molecule has 0 aromatic heterocycles. The largest absolute Gasteiger partial charge is 0.508 e. The van der Waals surface area contributed by atoms with Crippen molar-refractivity contribution in [1.82, 2.24) is 0 Å². The van der Waals surface area contributed by atoms with Gasteiger partial charge in [-0.25, -0.2) is 0 Å². The van der Waals surface area contributed by atoms with Gasteiger partial charge in [0.05, 0.1) is 11.6 Å². The average molecular weight is 303 g/mol. The molecule has 0 amide bonds. The van der Waals surface area contributed by atoms with Crippen LogP contribution >= 0.6 is 0 Å². The molecule has 0 saturated carbocycles. The van der Waals surface area contributed by atoms with Crippen LogP contribution in [0.25, 0.3) is 0 Å². The van der Waals surface area contributed by atoms with Crippen LogP contribution in [-0.2, 0) is 20.8 Å². The maximum atomic E-state index is 12.1. The number of hydrogen-bond acceptors (Lipinski definition) is 7. The first-order valence-corrected chi connectivity index (χ1v) is 6.31. The topological polar surface area (TPSA) is 138 Å². The quantitative estimate of drug-likeness (QED) is 0.263. The predicted molar refractivity (Wildman–Crippen MR) is 75.4 cm³/mol. The molecule has 5 N–H and O–H groups in total. The first kappa shape index (κ1) is 15.5. The Morgan fingerprint density at radius 1 is 1.05 bits per heavy atom. The van der Waals surface area contributed by atoms with Crippen molar-refractivity contribution in [1.29, 1.82) is 0 Å². The van der Waals surface area contributed by atoms with E-state index in [1.54, 1.807) is 0 Å². The molecular formula is C15H13NO6. The highest BCUT2D eigenvalue weighted by Gasteiger charge is 2.26. The Morgan fingerprint density at radius 3 is 2.36 bits per heavy atom. The Bertz CT molecular complexity index is 732. The van der Waals surface area contributed by atoms with Crippen molar-refractivity contribution in [2.24, 2.45) is 5.73 Å². The highest BCUT2D eigenvalue weighted by atomic mass is 16.3. The summed E-state index contributed by atoms with van der Waals surface area (Å²) in [6, 6.07) is 0.795. The minimum absolute atomic E-state index is 0.127.